The zero-order valence-electron chi connectivity index (χ0n) is 10.5. The van der Waals surface area contributed by atoms with Crippen LogP contribution in [0.5, 0.6) is 5.75 Å². The summed E-state index contributed by atoms with van der Waals surface area (Å²) in [5.74, 6) is 1.49. The van der Waals surface area contributed by atoms with Crippen molar-refractivity contribution in [2.24, 2.45) is 11.7 Å². The van der Waals surface area contributed by atoms with Gasteiger partial charge < -0.3 is 15.2 Å². The molecule has 0 aliphatic heterocycles. The molecule has 0 aromatic carbocycles. The summed E-state index contributed by atoms with van der Waals surface area (Å²) in [5, 5.41) is 0. The van der Waals surface area contributed by atoms with Crippen LogP contribution >= 0.6 is 0 Å². The largest absolute Gasteiger partial charge is 0.497 e. The van der Waals surface area contributed by atoms with Gasteiger partial charge in [0.15, 0.2) is 0 Å². The molecular weight excluding hydrogens is 216 g/mol. The maximum absolute atomic E-state index is 5.78. The molecule has 1 aromatic heterocycles. The number of aryl methyl sites for hydroxylation is 1. The lowest BCUT2D eigenvalue weighted by atomic mass is 9.82. The third kappa shape index (κ3) is 3.17. The Morgan fingerprint density at radius 1 is 1.41 bits per heavy atom. The van der Waals surface area contributed by atoms with Crippen molar-refractivity contribution in [2.45, 2.75) is 32.5 Å². The van der Waals surface area contributed by atoms with Crippen LogP contribution in [-0.2, 0) is 11.3 Å². The molecule has 0 saturated heterocycles. The van der Waals surface area contributed by atoms with Gasteiger partial charge in [0.05, 0.1) is 25.5 Å². The second kappa shape index (κ2) is 5.47. The summed E-state index contributed by atoms with van der Waals surface area (Å²) in [6.07, 6.45) is 2.52. The maximum Gasteiger partial charge on any atom is 0.122 e. The molecule has 2 rings (SSSR count). The van der Waals surface area contributed by atoms with Gasteiger partial charge in [0.25, 0.3) is 0 Å². The van der Waals surface area contributed by atoms with Crippen molar-refractivity contribution >= 4 is 0 Å². The smallest absolute Gasteiger partial charge is 0.122 e. The number of rotatable bonds is 5. The van der Waals surface area contributed by atoms with Crippen molar-refractivity contribution in [3.8, 4) is 5.75 Å². The molecule has 0 bridgehead atoms. The fourth-order valence-corrected chi connectivity index (χ4v) is 2.10. The van der Waals surface area contributed by atoms with E-state index in [9.17, 15) is 0 Å². The summed E-state index contributed by atoms with van der Waals surface area (Å²) >= 11 is 0. The van der Waals surface area contributed by atoms with Crippen LogP contribution < -0.4 is 10.5 Å². The van der Waals surface area contributed by atoms with E-state index >= 15 is 0 Å². The lowest BCUT2D eigenvalue weighted by Crippen LogP contribution is -2.35. The summed E-state index contributed by atoms with van der Waals surface area (Å²) in [4.78, 5) is 4.42. The van der Waals surface area contributed by atoms with Gasteiger partial charge in [0.2, 0.25) is 0 Å². The molecule has 1 aromatic rings. The van der Waals surface area contributed by atoms with Crippen LogP contribution in [0.2, 0.25) is 0 Å². The van der Waals surface area contributed by atoms with Crippen LogP contribution in [0.15, 0.2) is 12.1 Å². The maximum atomic E-state index is 5.78. The van der Waals surface area contributed by atoms with Crippen molar-refractivity contribution < 1.29 is 9.47 Å². The predicted octanol–water partition coefficient (Wildman–Crippen LogP) is 1.65. The van der Waals surface area contributed by atoms with Crippen LogP contribution in [-0.4, -0.2) is 24.7 Å². The second-order valence-electron chi connectivity index (χ2n) is 4.65. The zero-order chi connectivity index (χ0) is 12.3. The molecule has 0 unspecified atom stereocenters. The molecule has 1 aliphatic carbocycles. The van der Waals surface area contributed by atoms with Gasteiger partial charge >= 0.3 is 0 Å². The van der Waals surface area contributed by atoms with Crippen molar-refractivity contribution in [3.63, 3.8) is 0 Å². The van der Waals surface area contributed by atoms with Crippen LogP contribution in [0, 0.1) is 12.8 Å². The fraction of sp³-hybridized carbons (Fsp3) is 0.615. The first-order valence-corrected chi connectivity index (χ1v) is 6.04. The van der Waals surface area contributed by atoms with E-state index in [1.807, 2.05) is 19.1 Å². The number of hydrogen-bond donors (Lipinski definition) is 1. The van der Waals surface area contributed by atoms with E-state index in [-0.39, 0.29) is 0 Å². The monoisotopic (exact) mass is 236 g/mol. The molecule has 0 radical (unpaired) electrons. The molecular formula is C13H20N2O2. The van der Waals surface area contributed by atoms with Crippen molar-refractivity contribution in [3.05, 3.63) is 23.5 Å². The van der Waals surface area contributed by atoms with E-state index in [1.54, 1.807) is 7.11 Å². The quantitative estimate of drug-likeness (QED) is 0.844. The van der Waals surface area contributed by atoms with E-state index < -0.39 is 0 Å². The van der Waals surface area contributed by atoms with Crippen molar-refractivity contribution in [1.29, 1.82) is 0 Å². The molecule has 1 aliphatic rings. The Morgan fingerprint density at radius 2 is 2.18 bits per heavy atom. The Kier molecular flexibility index (Phi) is 3.97. The summed E-state index contributed by atoms with van der Waals surface area (Å²) in [6.45, 7) is 3.29. The Balaban J connectivity index is 1.85. The highest BCUT2D eigenvalue weighted by molar-refractivity contribution is 5.26. The lowest BCUT2D eigenvalue weighted by molar-refractivity contribution is -0.0388. The first-order valence-electron chi connectivity index (χ1n) is 6.04. The predicted molar refractivity (Wildman–Crippen MR) is 65.9 cm³/mol. The van der Waals surface area contributed by atoms with Crippen LogP contribution in [0.1, 0.15) is 24.2 Å². The van der Waals surface area contributed by atoms with Crippen LogP contribution in [0.25, 0.3) is 0 Å². The highest BCUT2D eigenvalue weighted by Gasteiger charge is 2.28. The summed E-state index contributed by atoms with van der Waals surface area (Å²) in [5.41, 5.74) is 7.46. The van der Waals surface area contributed by atoms with Crippen molar-refractivity contribution in [1.82, 2.24) is 4.98 Å². The molecule has 17 heavy (non-hydrogen) atoms. The number of methoxy groups -OCH3 is 1. The average Bonchev–Trinajstić information content (AvgIpc) is 2.26. The molecule has 4 nitrogen and oxygen atoms in total. The van der Waals surface area contributed by atoms with Gasteiger partial charge in [0.1, 0.15) is 5.75 Å². The molecule has 1 saturated carbocycles. The molecule has 1 fully saturated rings. The van der Waals surface area contributed by atoms with Gasteiger partial charge in [-0.3, -0.25) is 4.98 Å². The van der Waals surface area contributed by atoms with Gasteiger partial charge in [-0.15, -0.1) is 0 Å². The first kappa shape index (κ1) is 12.3. The number of nitrogens with zero attached hydrogens (tertiary/aromatic N) is 1. The van der Waals surface area contributed by atoms with Gasteiger partial charge in [-0.2, -0.15) is 0 Å². The molecule has 2 N–H and O–H groups in total. The van der Waals surface area contributed by atoms with Crippen LogP contribution in [0.4, 0.5) is 0 Å². The third-order valence-electron chi connectivity index (χ3n) is 3.21. The van der Waals surface area contributed by atoms with E-state index in [0.29, 0.717) is 18.6 Å². The van der Waals surface area contributed by atoms with E-state index in [2.05, 4.69) is 4.98 Å². The molecule has 0 spiro atoms. The topological polar surface area (TPSA) is 57.4 Å². The minimum absolute atomic E-state index is 0.358. The summed E-state index contributed by atoms with van der Waals surface area (Å²) < 4.78 is 11.0. The van der Waals surface area contributed by atoms with Crippen molar-refractivity contribution in [2.75, 3.05) is 13.7 Å². The van der Waals surface area contributed by atoms with Gasteiger partial charge in [-0.1, -0.05) is 0 Å². The lowest BCUT2D eigenvalue weighted by Gasteiger charge is -2.34. The van der Waals surface area contributed by atoms with E-state index in [4.69, 9.17) is 15.2 Å². The molecule has 0 atom stereocenters. The standard InChI is InChI=1S/C13H20N2O2/c1-9-3-12(16-2)6-11(15-9)8-17-13-4-10(5-13)7-14/h3,6,10,13H,4-5,7-8,14H2,1-2H3. The number of nitrogens with two attached hydrogens (primary N) is 1. The second-order valence-corrected chi connectivity index (χ2v) is 4.65. The molecule has 94 valence electrons. The number of ether oxygens (including phenoxy) is 2. The van der Waals surface area contributed by atoms with E-state index in [0.717, 1.165) is 36.5 Å². The highest BCUT2D eigenvalue weighted by Crippen LogP contribution is 2.29. The average molecular weight is 236 g/mol. The summed E-state index contributed by atoms with van der Waals surface area (Å²) in [6, 6.07) is 3.84. The number of pyridine rings is 1. The molecule has 0 amide bonds. The Labute approximate surface area is 102 Å². The Bertz CT molecular complexity index is 376. The van der Waals surface area contributed by atoms with Crippen LogP contribution in [0.3, 0.4) is 0 Å². The highest BCUT2D eigenvalue weighted by atomic mass is 16.5. The number of aromatic nitrogens is 1. The fourth-order valence-electron chi connectivity index (χ4n) is 2.10. The summed E-state index contributed by atoms with van der Waals surface area (Å²) in [7, 11) is 1.66. The third-order valence-corrected chi connectivity index (χ3v) is 3.21. The number of hydrogen-bond acceptors (Lipinski definition) is 4. The normalized spacial score (nSPS) is 23.2. The van der Waals surface area contributed by atoms with E-state index in [1.165, 1.54) is 0 Å². The SMILES string of the molecule is COc1cc(C)nc(COC2CC(CN)C2)c1. The minimum Gasteiger partial charge on any atom is -0.497 e. The van der Waals surface area contributed by atoms with Gasteiger partial charge in [-0.25, -0.2) is 0 Å². The van der Waals surface area contributed by atoms with Gasteiger partial charge in [-0.05, 0) is 32.2 Å². The first-order chi connectivity index (χ1) is 8.21. The minimum atomic E-state index is 0.358. The Morgan fingerprint density at radius 3 is 2.82 bits per heavy atom. The molecule has 4 heteroatoms. The van der Waals surface area contributed by atoms with Gasteiger partial charge in [0, 0.05) is 17.8 Å². The zero-order valence-corrected chi connectivity index (χ0v) is 10.5. The Hall–Kier alpha value is -1.13. The molecule has 1 heterocycles.